The first-order valence-corrected chi connectivity index (χ1v) is 11.3. The molecule has 1 aromatic carbocycles. The highest BCUT2D eigenvalue weighted by Gasteiger charge is 2.32. The van der Waals surface area contributed by atoms with Crippen LogP contribution in [0.25, 0.3) is 0 Å². The Bertz CT molecular complexity index is 703. The van der Waals surface area contributed by atoms with Gasteiger partial charge in [-0.2, -0.15) is 0 Å². The van der Waals surface area contributed by atoms with Gasteiger partial charge in [0, 0.05) is 50.6 Å². The van der Waals surface area contributed by atoms with Crippen molar-refractivity contribution in [2.75, 3.05) is 39.9 Å². The highest BCUT2D eigenvalue weighted by molar-refractivity contribution is 5.81. The second kappa shape index (κ2) is 11.7. The second-order valence-corrected chi connectivity index (χ2v) is 8.04. The van der Waals surface area contributed by atoms with E-state index in [0.29, 0.717) is 19.1 Å². The molecule has 1 atom stereocenters. The van der Waals surface area contributed by atoms with E-state index in [2.05, 4.69) is 22.5 Å². The van der Waals surface area contributed by atoms with Gasteiger partial charge in [-0.05, 0) is 38.3 Å². The quantitative estimate of drug-likeness (QED) is 0.368. The molecular weight excluding hydrogens is 380 g/mol. The number of carbonyl (C=O) groups is 1. The third kappa shape index (κ3) is 6.54. The molecule has 0 bridgehead atoms. The lowest BCUT2D eigenvalue weighted by molar-refractivity contribution is -0.134. The van der Waals surface area contributed by atoms with Crippen molar-refractivity contribution in [1.82, 2.24) is 15.5 Å². The molecule has 2 fully saturated rings. The number of aliphatic imine (C=N–C) groups is 1. The van der Waals surface area contributed by atoms with Gasteiger partial charge in [-0.1, -0.05) is 18.9 Å². The molecule has 3 rings (SSSR count). The molecule has 2 N–H and O–H groups in total. The van der Waals surface area contributed by atoms with Gasteiger partial charge >= 0.3 is 0 Å². The highest BCUT2D eigenvalue weighted by atomic mass is 16.5. The van der Waals surface area contributed by atoms with Gasteiger partial charge in [-0.15, -0.1) is 0 Å². The Morgan fingerprint density at radius 3 is 2.80 bits per heavy atom. The molecule has 1 saturated carbocycles. The Balaban J connectivity index is 1.40. The van der Waals surface area contributed by atoms with Gasteiger partial charge in [0.2, 0.25) is 5.91 Å². The summed E-state index contributed by atoms with van der Waals surface area (Å²) in [7, 11) is 1.65. The highest BCUT2D eigenvalue weighted by Crippen LogP contribution is 2.27. The van der Waals surface area contributed by atoms with Crippen LogP contribution in [0.2, 0.25) is 0 Å². The van der Waals surface area contributed by atoms with Crippen LogP contribution in [0.3, 0.4) is 0 Å². The van der Waals surface area contributed by atoms with E-state index in [9.17, 15) is 4.79 Å². The number of hydrogen-bond acceptors (Lipinski definition) is 4. The number of nitrogens with zero attached hydrogens (tertiary/aromatic N) is 2. The van der Waals surface area contributed by atoms with Crippen LogP contribution in [-0.2, 0) is 4.79 Å². The van der Waals surface area contributed by atoms with Crippen LogP contribution >= 0.6 is 0 Å². The number of nitrogens with one attached hydrogen (secondary N) is 2. The Labute approximate surface area is 180 Å². The number of benzene rings is 1. The maximum Gasteiger partial charge on any atom is 0.225 e. The lowest BCUT2D eigenvalue weighted by Gasteiger charge is -2.21. The first kappa shape index (κ1) is 22.2. The van der Waals surface area contributed by atoms with E-state index in [4.69, 9.17) is 9.47 Å². The van der Waals surface area contributed by atoms with Crippen LogP contribution < -0.4 is 20.1 Å². The third-order valence-corrected chi connectivity index (χ3v) is 5.77. The normalized spacial score (nSPS) is 19.7. The molecule has 1 aliphatic heterocycles. The van der Waals surface area contributed by atoms with Crippen molar-refractivity contribution in [2.24, 2.45) is 10.9 Å². The molecule has 0 spiro atoms. The predicted molar refractivity (Wildman–Crippen MR) is 119 cm³/mol. The number of guanidine groups is 1. The number of amides is 1. The number of rotatable bonds is 9. The SMILES string of the molecule is CCNC(=NCCCOc1cccc(OC)c1)NC1CCN(C(=O)C2CCCC2)C1. The third-order valence-electron chi connectivity index (χ3n) is 5.77. The lowest BCUT2D eigenvalue weighted by atomic mass is 10.1. The minimum absolute atomic E-state index is 0.259. The zero-order valence-corrected chi connectivity index (χ0v) is 18.4. The number of hydrogen-bond donors (Lipinski definition) is 2. The summed E-state index contributed by atoms with van der Waals surface area (Å²) in [5.41, 5.74) is 0. The average Bonchev–Trinajstić information content (AvgIpc) is 3.46. The predicted octanol–water partition coefficient (Wildman–Crippen LogP) is 2.81. The van der Waals surface area contributed by atoms with Gasteiger partial charge in [-0.3, -0.25) is 9.79 Å². The van der Waals surface area contributed by atoms with E-state index in [1.54, 1.807) is 7.11 Å². The van der Waals surface area contributed by atoms with Crippen molar-refractivity contribution in [3.8, 4) is 11.5 Å². The summed E-state index contributed by atoms with van der Waals surface area (Å²) in [5, 5.41) is 6.81. The van der Waals surface area contributed by atoms with E-state index in [-0.39, 0.29) is 12.0 Å². The maximum atomic E-state index is 12.6. The molecular formula is C23H36N4O3. The van der Waals surface area contributed by atoms with Crippen LogP contribution in [0, 0.1) is 5.92 Å². The largest absolute Gasteiger partial charge is 0.497 e. The summed E-state index contributed by atoms with van der Waals surface area (Å²) >= 11 is 0. The van der Waals surface area contributed by atoms with Crippen LogP contribution in [0.5, 0.6) is 11.5 Å². The monoisotopic (exact) mass is 416 g/mol. The topological polar surface area (TPSA) is 75.2 Å². The standard InChI is InChI=1S/C23H36N4O3/c1-3-24-23(25-13-7-15-30-21-11-6-10-20(16-21)29-2)26-19-12-14-27(17-19)22(28)18-8-4-5-9-18/h6,10-11,16,18-19H,3-5,7-9,12-15,17H2,1-2H3,(H2,24,25,26). The minimum Gasteiger partial charge on any atom is -0.497 e. The van der Waals surface area contributed by atoms with Crippen molar-refractivity contribution in [3.05, 3.63) is 24.3 Å². The fraction of sp³-hybridized carbons (Fsp3) is 0.652. The number of carbonyl (C=O) groups excluding carboxylic acids is 1. The Morgan fingerprint density at radius 2 is 2.03 bits per heavy atom. The smallest absolute Gasteiger partial charge is 0.225 e. The van der Waals surface area contributed by atoms with Crippen LogP contribution in [-0.4, -0.2) is 62.7 Å². The minimum atomic E-state index is 0.259. The molecule has 1 saturated heterocycles. The van der Waals surface area contributed by atoms with Gasteiger partial charge in [0.05, 0.1) is 13.7 Å². The van der Waals surface area contributed by atoms with E-state index in [1.165, 1.54) is 12.8 Å². The molecule has 1 unspecified atom stereocenters. The van der Waals surface area contributed by atoms with E-state index in [1.807, 2.05) is 29.2 Å². The summed E-state index contributed by atoms with van der Waals surface area (Å²) in [6, 6.07) is 7.89. The fourth-order valence-corrected chi connectivity index (χ4v) is 4.16. The lowest BCUT2D eigenvalue weighted by Crippen LogP contribution is -2.45. The van der Waals surface area contributed by atoms with Crippen molar-refractivity contribution in [2.45, 2.75) is 51.5 Å². The zero-order chi connectivity index (χ0) is 21.2. The summed E-state index contributed by atoms with van der Waals surface area (Å²) in [5.74, 6) is 3.03. The number of ether oxygens (including phenoxy) is 2. The van der Waals surface area contributed by atoms with Crippen LogP contribution in [0.15, 0.2) is 29.3 Å². The molecule has 1 heterocycles. The molecule has 1 aromatic rings. The van der Waals surface area contributed by atoms with Crippen molar-refractivity contribution in [1.29, 1.82) is 0 Å². The Hall–Kier alpha value is -2.44. The van der Waals surface area contributed by atoms with E-state index >= 15 is 0 Å². The first-order valence-electron chi connectivity index (χ1n) is 11.3. The van der Waals surface area contributed by atoms with Gasteiger partial charge in [0.1, 0.15) is 11.5 Å². The van der Waals surface area contributed by atoms with Crippen molar-refractivity contribution >= 4 is 11.9 Å². The van der Waals surface area contributed by atoms with Gasteiger partial charge in [0.25, 0.3) is 0 Å². The van der Waals surface area contributed by atoms with Crippen molar-refractivity contribution in [3.63, 3.8) is 0 Å². The van der Waals surface area contributed by atoms with E-state index in [0.717, 1.165) is 62.8 Å². The van der Waals surface area contributed by atoms with Crippen LogP contribution in [0.4, 0.5) is 0 Å². The molecule has 2 aliphatic rings. The first-order chi connectivity index (χ1) is 14.7. The number of methoxy groups -OCH3 is 1. The Morgan fingerprint density at radius 1 is 1.23 bits per heavy atom. The van der Waals surface area contributed by atoms with Crippen LogP contribution in [0.1, 0.15) is 45.4 Å². The Kier molecular flexibility index (Phi) is 8.66. The molecule has 0 radical (unpaired) electrons. The number of likely N-dealkylation sites (tertiary alicyclic amines) is 1. The molecule has 7 heteroatoms. The summed E-state index contributed by atoms with van der Waals surface area (Å²) in [4.78, 5) is 19.4. The summed E-state index contributed by atoms with van der Waals surface area (Å²) in [6.45, 7) is 5.77. The molecule has 30 heavy (non-hydrogen) atoms. The molecule has 1 amide bonds. The molecule has 0 aromatic heterocycles. The van der Waals surface area contributed by atoms with Crippen molar-refractivity contribution < 1.29 is 14.3 Å². The van der Waals surface area contributed by atoms with Gasteiger partial charge in [0.15, 0.2) is 5.96 Å². The average molecular weight is 417 g/mol. The summed E-state index contributed by atoms with van der Waals surface area (Å²) < 4.78 is 11.0. The molecule has 7 nitrogen and oxygen atoms in total. The maximum absolute atomic E-state index is 12.6. The summed E-state index contributed by atoms with van der Waals surface area (Å²) in [6.07, 6.45) is 6.33. The zero-order valence-electron chi connectivity index (χ0n) is 18.4. The van der Waals surface area contributed by atoms with Gasteiger partial charge in [-0.25, -0.2) is 0 Å². The fourth-order valence-electron chi connectivity index (χ4n) is 4.16. The van der Waals surface area contributed by atoms with E-state index < -0.39 is 0 Å². The second-order valence-electron chi connectivity index (χ2n) is 8.04. The molecule has 1 aliphatic carbocycles. The molecule has 166 valence electrons. The van der Waals surface area contributed by atoms with Gasteiger partial charge < -0.3 is 25.0 Å².